The zero-order valence-electron chi connectivity index (χ0n) is 19.0. The van der Waals surface area contributed by atoms with Gasteiger partial charge in [0.05, 0.1) is 33.6 Å². The van der Waals surface area contributed by atoms with Crippen molar-refractivity contribution >= 4 is 38.5 Å². The molecular weight excluding hydrogens is 531 g/mol. The summed E-state index contributed by atoms with van der Waals surface area (Å²) in [6.45, 7) is 4.22. The average molecular weight is 554 g/mol. The highest BCUT2D eigenvalue weighted by molar-refractivity contribution is 9.10. The number of carboxylic acids is 1. The van der Waals surface area contributed by atoms with E-state index in [1.165, 1.54) is 19.2 Å². The molecule has 0 radical (unpaired) electrons. The lowest BCUT2D eigenvalue weighted by Crippen LogP contribution is -2.46. The molecule has 1 aliphatic heterocycles. The van der Waals surface area contributed by atoms with Gasteiger partial charge < -0.3 is 19.7 Å². The van der Waals surface area contributed by atoms with Crippen molar-refractivity contribution in [3.63, 3.8) is 0 Å². The van der Waals surface area contributed by atoms with Crippen LogP contribution in [0.1, 0.15) is 27.2 Å². The Morgan fingerprint density at radius 1 is 1.17 bits per heavy atom. The number of piperazine rings is 1. The van der Waals surface area contributed by atoms with Gasteiger partial charge in [0.15, 0.2) is 0 Å². The van der Waals surface area contributed by atoms with E-state index in [1.807, 2.05) is 4.90 Å². The molecular formula is C24H23BrF3N3O4. The monoisotopic (exact) mass is 553 g/mol. The van der Waals surface area contributed by atoms with Crippen LogP contribution in [-0.4, -0.2) is 54.2 Å². The van der Waals surface area contributed by atoms with Crippen LogP contribution >= 0.6 is 15.9 Å². The zero-order chi connectivity index (χ0) is 25.5. The van der Waals surface area contributed by atoms with Gasteiger partial charge in [-0.2, -0.15) is 13.2 Å². The van der Waals surface area contributed by atoms with Crippen LogP contribution in [0.5, 0.6) is 5.75 Å². The lowest BCUT2D eigenvalue weighted by Gasteiger charge is -2.36. The van der Waals surface area contributed by atoms with Crippen LogP contribution in [0.2, 0.25) is 0 Å². The Morgan fingerprint density at radius 2 is 1.80 bits per heavy atom. The molecule has 35 heavy (non-hydrogen) atoms. The highest BCUT2D eigenvalue weighted by atomic mass is 79.9. The summed E-state index contributed by atoms with van der Waals surface area (Å²) in [5.74, 6) is -0.869. The maximum Gasteiger partial charge on any atom is 0.416 e. The number of hydrogen-bond donors (Lipinski definition) is 2. The first-order valence-electron chi connectivity index (χ1n) is 10.8. The number of aromatic nitrogens is 1. The summed E-state index contributed by atoms with van der Waals surface area (Å²) in [5, 5.41) is 10.3. The van der Waals surface area contributed by atoms with Crippen LogP contribution in [-0.2, 0) is 12.7 Å². The van der Waals surface area contributed by atoms with Gasteiger partial charge in [0.2, 0.25) is 5.43 Å². The number of halogens is 4. The fourth-order valence-corrected chi connectivity index (χ4v) is 4.68. The number of H-pyrrole nitrogens is 1. The van der Waals surface area contributed by atoms with Gasteiger partial charge in [-0.3, -0.25) is 9.69 Å². The summed E-state index contributed by atoms with van der Waals surface area (Å²) in [6, 6.07) is 6.62. The summed E-state index contributed by atoms with van der Waals surface area (Å²) in [6.07, 6.45) is -4.38. The minimum atomic E-state index is -4.38. The predicted octanol–water partition coefficient (Wildman–Crippen LogP) is 4.65. The number of aromatic carboxylic acids is 1. The highest BCUT2D eigenvalue weighted by Gasteiger charge is 2.30. The number of carboxylic acid groups (broad SMARTS) is 1. The number of pyridine rings is 1. The third kappa shape index (κ3) is 4.87. The van der Waals surface area contributed by atoms with Crippen LogP contribution in [0, 0.1) is 6.92 Å². The molecule has 2 N–H and O–H groups in total. The Kier molecular flexibility index (Phi) is 6.83. The van der Waals surface area contributed by atoms with Crippen LogP contribution in [0.25, 0.3) is 10.9 Å². The number of methoxy groups -OCH3 is 1. The molecule has 0 aliphatic carbocycles. The van der Waals surface area contributed by atoms with Gasteiger partial charge in [-0.25, -0.2) is 4.79 Å². The molecule has 0 amide bonds. The molecule has 3 aromatic rings. The summed E-state index contributed by atoms with van der Waals surface area (Å²) in [5.41, 5.74) is 0.878. The fraction of sp³-hybridized carbons (Fsp3) is 0.333. The van der Waals surface area contributed by atoms with Gasteiger partial charge in [0.25, 0.3) is 0 Å². The minimum Gasteiger partial charge on any atom is -0.496 e. The smallest absolute Gasteiger partial charge is 0.416 e. The standard InChI is InChI=1S/C24H23BrF3N3O4/c1-13-20(25)22(32)16-11-18(35-2)17(19(23(33)34)21(16)29-13)12-30-7-9-31(10-8-30)15-5-3-14(4-6-15)24(26,27)28/h3-6,11H,7-10,12H2,1-2H3,(H,29,32)(H,33,34). The molecule has 0 spiro atoms. The first-order chi connectivity index (χ1) is 16.5. The number of carbonyl (C=O) groups is 1. The zero-order valence-corrected chi connectivity index (χ0v) is 20.6. The maximum absolute atomic E-state index is 12.8. The molecule has 186 valence electrons. The fourth-order valence-electron chi connectivity index (χ4n) is 4.36. The van der Waals surface area contributed by atoms with Gasteiger partial charge in [-0.15, -0.1) is 0 Å². The topological polar surface area (TPSA) is 85.9 Å². The maximum atomic E-state index is 12.8. The molecule has 7 nitrogen and oxygen atoms in total. The van der Waals surface area contributed by atoms with Crippen molar-refractivity contribution in [1.29, 1.82) is 0 Å². The molecule has 1 saturated heterocycles. The molecule has 4 rings (SSSR count). The molecule has 0 bridgehead atoms. The SMILES string of the molecule is COc1cc2c(=O)c(Br)c(C)[nH]c2c(C(=O)O)c1CN1CCN(c2ccc(C(F)(F)F)cc2)CC1. The summed E-state index contributed by atoms with van der Waals surface area (Å²) < 4.78 is 44.3. The Hall–Kier alpha value is -3.05. The van der Waals surface area contributed by atoms with E-state index in [4.69, 9.17) is 4.74 Å². The number of anilines is 1. The lowest BCUT2D eigenvalue weighted by atomic mass is 10.00. The average Bonchev–Trinajstić information content (AvgIpc) is 2.82. The molecule has 2 heterocycles. The second-order valence-corrected chi connectivity index (χ2v) is 9.15. The second-order valence-electron chi connectivity index (χ2n) is 8.36. The summed E-state index contributed by atoms with van der Waals surface area (Å²) >= 11 is 3.24. The van der Waals surface area contributed by atoms with Crippen LogP contribution in [0.3, 0.4) is 0 Å². The number of aryl methyl sites for hydroxylation is 1. The van der Waals surface area contributed by atoms with Crippen molar-refractivity contribution < 1.29 is 27.8 Å². The number of hydrogen-bond acceptors (Lipinski definition) is 5. The Morgan fingerprint density at radius 3 is 2.34 bits per heavy atom. The number of ether oxygens (including phenoxy) is 1. The van der Waals surface area contributed by atoms with Crippen molar-refractivity contribution in [2.75, 3.05) is 38.2 Å². The first-order valence-corrected chi connectivity index (χ1v) is 11.6. The number of alkyl halides is 3. The first kappa shape index (κ1) is 25.1. The molecule has 11 heteroatoms. The van der Waals surface area contributed by atoms with Crippen molar-refractivity contribution in [3.05, 3.63) is 67.4 Å². The van der Waals surface area contributed by atoms with E-state index in [9.17, 15) is 27.9 Å². The molecule has 0 saturated carbocycles. The summed E-state index contributed by atoms with van der Waals surface area (Å²) in [7, 11) is 1.43. The number of aromatic amines is 1. The second kappa shape index (κ2) is 9.54. The Balaban J connectivity index is 1.60. The number of nitrogens with one attached hydrogen (secondary N) is 1. The Labute approximate surface area is 207 Å². The third-order valence-corrected chi connectivity index (χ3v) is 7.18. The van der Waals surface area contributed by atoms with E-state index in [1.54, 1.807) is 13.0 Å². The lowest BCUT2D eigenvalue weighted by molar-refractivity contribution is -0.137. The van der Waals surface area contributed by atoms with Gasteiger partial charge in [-0.05, 0) is 53.2 Å². The predicted molar refractivity (Wildman–Crippen MR) is 129 cm³/mol. The van der Waals surface area contributed by atoms with Gasteiger partial charge in [-0.1, -0.05) is 0 Å². The van der Waals surface area contributed by atoms with E-state index in [2.05, 4.69) is 25.8 Å². The van der Waals surface area contributed by atoms with Crippen molar-refractivity contribution in [2.24, 2.45) is 0 Å². The van der Waals surface area contributed by atoms with Crippen molar-refractivity contribution in [3.8, 4) is 5.75 Å². The quantitative estimate of drug-likeness (QED) is 0.478. The Bertz CT molecular complexity index is 1330. The normalized spacial score (nSPS) is 15.0. The number of benzene rings is 2. The number of nitrogens with zero attached hydrogens (tertiary/aromatic N) is 2. The highest BCUT2D eigenvalue weighted by Crippen LogP contribution is 2.33. The van der Waals surface area contributed by atoms with E-state index in [-0.39, 0.29) is 28.4 Å². The molecule has 2 aromatic carbocycles. The molecule has 0 atom stereocenters. The van der Waals surface area contributed by atoms with Crippen molar-refractivity contribution in [2.45, 2.75) is 19.6 Å². The molecule has 1 aromatic heterocycles. The third-order valence-electron chi connectivity index (χ3n) is 6.23. The van der Waals surface area contributed by atoms with Crippen LogP contribution in [0.15, 0.2) is 39.6 Å². The summed E-state index contributed by atoms with van der Waals surface area (Å²) in [4.78, 5) is 32.1. The van der Waals surface area contributed by atoms with Gasteiger partial charge in [0, 0.05) is 49.7 Å². The largest absolute Gasteiger partial charge is 0.496 e. The van der Waals surface area contributed by atoms with Gasteiger partial charge >= 0.3 is 12.1 Å². The van der Waals surface area contributed by atoms with Crippen molar-refractivity contribution in [1.82, 2.24) is 9.88 Å². The van der Waals surface area contributed by atoms with E-state index < -0.39 is 17.7 Å². The number of rotatable bonds is 5. The van der Waals surface area contributed by atoms with E-state index in [0.717, 1.165) is 12.1 Å². The van der Waals surface area contributed by atoms with Crippen LogP contribution < -0.4 is 15.1 Å². The molecule has 0 unspecified atom stereocenters. The molecule has 1 aliphatic rings. The van der Waals surface area contributed by atoms with E-state index in [0.29, 0.717) is 53.3 Å². The minimum absolute atomic E-state index is 0.0165. The molecule has 1 fully saturated rings. The number of fused-ring (bicyclic) bond motifs is 1. The van der Waals surface area contributed by atoms with E-state index >= 15 is 0 Å². The van der Waals surface area contributed by atoms with Gasteiger partial charge in [0.1, 0.15) is 5.75 Å². The van der Waals surface area contributed by atoms with Crippen LogP contribution in [0.4, 0.5) is 18.9 Å².